The maximum absolute atomic E-state index is 12.4. The summed E-state index contributed by atoms with van der Waals surface area (Å²) in [5, 5.41) is 8.37. The number of hydrogen-bond acceptors (Lipinski definition) is 2. The van der Waals surface area contributed by atoms with Crippen LogP contribution in [-0.2, 0) is 4.79 Å². The van der Waals surface area contributed by atoms with Gasteiger partial charge in [0.05, 0.1) is 11.4 Å². The van der Waals surface area contributed by atoms with Crippen LogP contribution in [0.15, 0.2) is 48.5 Å². The molecule has 1 aliphatic heterocycles. The molecule has 0 aliphatic carbocycles. The molecular weight excluding hydrogens is 357 g/mol. The van der Waals surface area contributed by atoms with E-state index in [1.54, 1.807) is 29.0 Å². The number of para-hydroxylation sites is 1. The summed E-state index contributed by atoms with van der Waals surface area (Å²) in [7, 11) is 0. The lowest BCUT2D eigenvalue weighted by atomic mass is 10.0. The van der Waals surface area contributed by atoms with Gasteiger partial charge in [-0.3, -0.25) is 4.79 Å². The van der Waals surface area contributed by atoms with Gasteiger partial charge in [0.15, 0.2) is 0 Å². The Bertz CT molecular complexity index is 1020. The molecule has 0 atom stereocenters. The van der Waals surface area contributed by atoms with E-state index in [1.807, 2.05) is 37.3 Å². The average molecular weight is 370 g/mol. The van der Waals surface area contributed by atoms with Crippen LogP contribution in [-0.4, -0.2) is 15.7 Å². The molecule has 1 N–H and O–H groups in total. The topological polar surface area (TPSA) is 46.9 Å². The molecule has 6 heteroatoms. The minimum absolute atomic E-state index is 0.180. The first kappa shape index (κ1) is 15.9. The number of anilines is 1. The van der Waals surface area contributed by atoms with Crippen LogP contribution in [0.1, 0.15) is 16.8 Å². The lowest BCUT2D eigenvalue weighted by Gasteiger charge is -2.02. The smallest absolute Gasteiger partial charge is 0.256 e. The minimum Gasteiger partial charge on any atom is -0.321 e. The summed E-state index contributed by atoms with van der Waals surface area (Å²) >= 11 is 12.6. The van der Waals surface area contributed by atoms with Crippen molar-refractivity contribution < 1.29 is 4.79 Å². The monoisotopic (exact) mass is 369 g/mol. The zero-order chi connectivity index (χ0) is 17.6. The number of aromatic nitrogens is 2. The van der Waals surface area contributed by atoms with E-state index in [9.17, 15) is 4.79 Å². The van der Waals surface area contributed by atoms with E-state index in [4.69, 9.17) is 23.2 Å². The van der Waals surface area contributed by atoms with Gasteiger partial charge in [-0.1, -0.05) is 41.4 Å². The number of carbonyl (C=O) groups excluding carboxylic acids is 1. The molecule has 0 radical (unpaired) electrons. The van der Waals surface area contributed by atoms with E-state index < -0.39 is 0 Å². The summed E-state index contributed by atoms with van der Waals surface area (Å²) in [5.74, 6) is -0.180. The third-order valence-corrected chi connectivity index (χ3v) is 4.70. The lowest BCUT2D eigenvalue weighted by molar-refractivity contribution is -0.110. The first-order chi connectivity index (χ1) is 12.0. The quantitative estimate of drug-likeness (QED) is 0.647. The van der Waals surface area contributed by atoms with Crippen molar-refractivity contribution in [3.05, 3.63) is 75.5 Å². The van der Waals surface area contributed by atoms with E-state index >= 15 is 0 Å². The summed E-state index contributed by atoms with van der Waals surface area (Å²) in [6, 6.07) is 14.9. The molecule has 4 nitrogen and oxygen atoms in total. The number of nitrogens with one attached hydrogen (secondary N) is 1. The summed E-state index contributed by atoms with van der Waals surface area (Å²) in [4.78, 5) is 12.4. The van der Waals surface area contributed by atoms with Crippen molar-refractivity contribution in [1.29, 1.82) is 0 Å². The Kier molecular flexibility index (Phi) is 3.86. The highest BCUT2D eigenvalue weighted by molar-refractivity contribution is 6.38. The van der Waals surface area contributed by atoms with E-state index in [1.165, 1.54) is 0 Å². The van der Waals surface area contributed by atoms with Crippen molar-refractivity contribution in [3.63, 3.8) is 0 Å². The molecule has 0 fully saturated rings. The van der Waals surface area contributed by atoms with Gasteiger partial charge in [0.25, 0.3) is 5.91 Å². The van der Waals surface area contributed by atoms with Crippen LogP contribution < -0.4 is 5.32 Å². The molecule has 0 unspecified atom stereocenters. The molecule has 2 heterocycles. The summed E-state index contributed by atoms with van der Waals surface area (Å²) in [6.45, 7) is 1.86. The number of rotatable bonds is 2. The van der Waals surface area contributed by atoms with Crippen molar-refractivity contribution >= 4 is 46.4 Å². The van der Waals surface area contributed by atoms with Crippen LogP contribution in [0.2, 0.25) is 10.2 Å². The fourth-order valence-corrected chi connectivity index (χ4v) is 3.36. The average Bonchev–Trinajstić information content (AvgIpc) is 3.07. The zero-order valence-corrected chi connectivity index (χ0v) is 14.8. The SMILES string of the molecule is Cc1nn(-c2ccccc2)c(Cl)c1C=C1C(=O)Nc2ccc(Cl)cc21. The molecule has 3 aromatic rings. The normalized spacial score (nSPS) is 14.7. The molecule has 1 amide bonds. The van der Waals surface area contributed by atoms with Crippen LogP contribution in [0, 0.1) is 6.92 Å². The Balaban J connectivity index is 1.85. The van der Waals surface area contributed by atoms with Gasteiger partial charge >= 0.3 is 0 Å². The van der Waals surface area contributed by atoms with Crippen molar-refractivity contribution in [2.75, 3.05) is 5.32 Å². The predicted molar refractivity (Wildman–Crippen MR) is 101 cm³/mol. The number of amides is 1. The predicted octanol–water partition coefficient (Wildman–Crippen LogP) is 4.98. The van der Waals surface area contributed by atoms with Crippen LogP contribution in [0.25, 0.3) is 17.3 Å². The Labute approximate surface area is 154 Å². The standard InChI is InChI=1S/C19H13Cl2N3O/c1-11-14(18(21)24(23-11)13-5-3-2-4-6-13)10-16-15-9-12(20)7-8-17(15)22-19(16)25/h2-10H,1H3,(H,22,25). The largest absolute Gasteiger partial charge is 0.321 e. The summed E-state index contributed by atoms with van der Waals surface area (Å²) in [5.41, 5.74) is 4.34. The fourth-order valence-electron chi connectivity index (χ4n) is 2.86. The highest BCUT2D eigenvalue weighted by Gasteiger charge is 2.25. The maximum atomic E-state index is 12.4. The van der Waals surface area contributed by atoms with Gasteiger partial charge < -0.3 is 5.32 Å². The number of halogens is 2. The van der Waals surface area contributed by atoms with Crippen molar-refractivity contribution in [2.24, 2.45) is 0 Å². The number of hydrogen-bond donors (Lipinski definition) is 1. The van der Waals surface area contributed by atoms with Crippen LogP contribution in [0.3, 0.4) is 0 Å². The number of nitrogens with zero attached hydrogens (tertiary/aromatic N) is 2. The second kappa shape index (κ2) is 6.06. The second-order valence-electron chi connectivity index (χ2n) is 5.74. The molecule has 0 saturated carbocycles. The van der Waals surface area contributed by atoms with Crippen molar-refractivity contribution in [2.45, 2.75) is 6.92 Å². The second-order valence-corrected chi connectivity index (χ2v) is 6.53. The van der Waals surface area contributed by atoms with Gasteiger partial charge in [0.2, 0.25) is 0 Å². The number of carbonyl (C=O) groups is 1. The number of fused-ring (bicyclic) bond motifs is 1. The molecular formula is C19H13Cl2N3O. The van der Waals surface area contributed by atoms with E-state index in [-0.39, 0.29) is 5.91 Å². The van der Waals surface area contributed by atoms with Crippen LogP contribution in [0.5, 0.6) is 0 Å². The lowest BCUT2D eigenvalue weighted by Crippen LogP contribution is -2.03. The maximum Gasteiger partial charge on any atom is 0.256 e. The molecule has 0 saturated heterocycles. The van der Waals surface area contributed by atoms with Gasteiger partial charge in [0.1, 0.15) is 5.15 Å². The molecule has 25 heavy (non-hydrogen) atoms. The third-order valence-electron chi connectivity index (χ3n) is 4.10. The first-order valence-corrected chi connectivity index (χ1v) is 8.43. The Morgan fingerprint density at radius 1 is 1.12 bits per heavy atom. The third kappa shape index (κ3) is 2.73. The van der Waals surface area contributed by atoms with Crippen LogP contribution >= 0.6 is 23.2 Å². The van der Waals surface area contributed by atoms with Gasteiger partial charge in [0, 0.05) is 27.4 Å². The fraction of sp³-hybridized carbons (Fsp3) is 0.0526. The molecule has 4 rings (SSSR count). The number of aryl methyl sites for hydroxylation is 1. The molecule has 1 aromatic heterocycles. The molecule has 124 valence electrons. The number of benzene rings is 2. The Hall–Kier alpha value is -2.56. The van der Waals surface area contributed by atoms with Gasteiger partial charge in [-0.15, -0.1) is 0 Å². The van der Waals surface area contributed by atoms with E-state index in [2.05, 4.69) is 10.4 Å². The summed E-state index contributed by atoms with van der Waals surface area (Å²) < 4.78 is 1.66. The Morgan fingerprint density at radius 2 is 1.88 bits per heavy atom. The van der Waals surface area contributed by atoms with Crippen molar-refractivity contribution in [1.82, 2.24) is 9.78 Å². The molecule has 0 spiro atoms. The van der Waals surface area contributed by atoms with Crippen molar-refractivity contribution in [3.8, 4) is 5.69 Å². The van der Waals surface area contributed by atoms with Gasteiger partial charge in [-0.25, -0.2) is 4.68 Å². The molecule has 0 bridgehead atoms. The molecule has 1 aliphatic rings. The summed E-state index contributed by atoms with van der Waals surface area (Å²) in [6.07, 6.45) is 1.77. The Morgan fingerprint density at radius 3 is 2.64 bits per heavy atom. The zero-order valence-electron chi connectivity index (χ0n) is 13.3. The first-order valence-electron chi connectivity index (χ1n) is 7.68. The van der Waals surface area contributed by atoms with Crippen LogP contribution in [0.4, 0.5) is 5.69 Å². The highest BCUT2D eigenvalue weighted by atomic mass is 35.5. The highest BCUT2D eigenvalue weighted by Crippen LogP contribution is 2.36. The van der Waals surface area contributed by atoms with E-state index in [0.717, 1.165) is 22.6 Å². The molecule has 2 aromatic carbocycles. The minimum atomic E-state index is -0.180. The van der Waals surface area contributed by atoms with E-state index in [0.29, 0.717) is 21.3 Å². The van der Waals surface area contributed by atoms with Gasteiger partial charge in [-0.2, -0.15) is 5.10 Å². The van der Waals surface area contributed by atoms with Gasteiger partial charge in [-0.05, 0) is 43.3 Å².